The van der Waals surface area contributed by atoms with Crippen molar-refractivity contribution in [2.45, 2.75) is 45.3 Å². The molecule has 168 valence electrons. The number of benzene rings is 1. The first kappa shape index (κ1) is 23.8. The number of aliphatic hydroxyl groups is 1. The number of hydrogen-bond donors (Lipinski definition) is 1. The van der Waals surface area contributed by atoms with Crippen LogP contribution in [0.4, 0.5) is 0 Å². The summed E-state index contributed by atoms with van der Waals surface area (Å²) < 4.78 is 5.25. The van der Waals surface area contributed by atoms with Crippen molar-refractivity contribution in [3.63, 3.8) is 0 Å². The highest BCUT2D eigenvalue weighted by Gasteiger charge is 2.21. The fourth-order valence-corrected chi connectivity index (χ4v) is 5.04. The van der Waals surface area contributed by atoms with E-state index < -0.39 is 5.60 Å². The summed E-state index contributed by atoms with van der Waals surface area (Å²) in [6.07, 6.45) is 3.70. The summed E-state index contributed by atoms with van der Waals surface area (Å²) >= 11 is 1.73. The molecule has 0 aliphatic carbocycles. The number of hydrogen-bond acceptors (Lipinski definition) is 5. The van der Waals surface area contributed by atoms with Crippen molar-refractivity contribution in [1.29, 1.82) is 0 Å². The molecular formula is C26H36N2O2S. The van der Waals surface area contributed by atoms with Gasteiger partial charge in [-0.1, -0.05) is 24.0 Å². The molecule has 0 amide bonds. The van der Waals surface area contributed by atoms with Gasteiger partial charge in [0, 0.05) is 31.1 Å². The largest absolute Gasteiger partial charge is 0.497 e. The number of rotatable bonds is 8. The molecule has 5 heteroatoms. The van der Waals surface area contributed by atoms with Crippen LogP contribution in [0.2, 0.25) is 0 Å². The van der Waals surface area contributed by atoms with Crippen LogP contribution in [0.25, 0.3) is 0 Å². The minimum Gasteiger partial charge on any atom is -0.497 e. The highest BCUT2D eigenvalue weighted by molar-refractivity contribution is 7.12. The Labute approximate surface area is 191 Å². The van der Waals surface area contributed by atoms with E-state index in [2.05, 4.69) is 65.1 Å². The molecule has 0 saturated carbocycles. The van der Waals surface area contributed by atoms with Crippen molar-refractivity contribution < 1.29 is 9.84 Å². The molecule has 1 aliphatic rings. The summed E-state index contributed by atoms with van der Waals surface area (Å²) in [5, 5.41) is 9.77. The predicted octanol–water partition coefficient (Wildman–Crippen LogP) is 4.27. The van der Waals surface area contributed by atoms with Gasteiger partial charge in [-0.05, 0) is 82.4 Å². The third kappa shape index (κ3) is 8.31. The highest BCUT2D eigenvalue weighted by atomic mass is 32.1. The van der Waals surface area contributed by atoms with Gasteiger partial charge in [-0.3, -0.25) is 0 Å². The Morgan fingerprint density at radius 2 is 2.00 bits per heavy atom. The van der Waals surface area contributed by atoms with Gasteiger partial charge in [0.15, 0.2) is 0 Å². The number of ether oxygens (including phenoxy) is 1. The van der Waals surface area contributed by atoms with Gasteiger partial charge in [0.05, 0.1) is 12.0 Å². The van der Waals surface area contributed by atoms with E-state index in [0.29, 0.717) is 0 Å². The minimum absolute atomic E-state index is 0.726. The quantitative estimate of drug-likeness (QED) is 0.622. The summed E-state index contributed by atoms with van der Waals surface area (Å²) in [6.45, 7) is 9.04. The van der Waals surface area contributed by atoms with E-state index in [9.17, 15) is 5.11 Å². The maximum atomic E-state index is 9.77. The maximum absolute atomic E-state index is 9.77. The van der Waals surface area contributed by atoms with Gasteiger partial charge in [-0.15, -0.1) is 11.3 Å². The molecule has 3 rings (SSSR count). The van der Waals surface area contributed by atoms with Crippen LogP contribution in [-0.2, 0) is 13.0 Å². The number of thiophene rings is 1. The average molecular weight is 441 g/mol. The molecule has 1 atom stereocenters. The van der Waals surface area contributed by atoms with Crippen LogP contribution in [0.5, 0.6) is 5.75 Å². The lowest BCUT2D eigenvalue weighted by atomic mass is 9.97. The molecule has 2 heterocycles. The van der Waals surface area contributed by atoms with Crippen LogP contribution in [-0.4, -0.2) is 60.8 Å². The van der Waals surface area contributed by atoms with Crippen molar-refractivity contribution in [1.82, 2.24) is 9.80 Å². The second-order valence-electron chi connectivity index (χ2n) is 9.18. The molecule has 1 N–H and O–H groups in total. The molecular weight excluding hydrogens is 404 g/mol. The molecule has 2 aromatic rings. The number of methoxy groups -OCH3 is 1. The summed E-state index contributed by atoms with van der Waals surface area (Å²) in [5.41, 5.74) is 0.433. The number of nitrogens with zero attached hydrogens (tertiary/aromatic N) is 2. The standard InChI is InChI=1S/C26H36N2O2S/c1-26(2,29)15-13-24-11-12-25(31-24)20-27(3)18-22-6-5-16-28(19-22)17-14-21-7-9-23(30-4)10-8-21/h7-12,22,29H,5-6,14,16-20H2,1-4H3. The van der Waals surface area contributed by atoms with E-state index in [1.165, 1.54) is 36.4 Å². The molecule has 1 unspecified atom stereocenters. The van der Waals surface area contributed by atoms with Gasteiger partial charge in [0.1, 0.15) is 11.4 Å². The molecule has 31 heavy (non-hydrogen) atoms. The monoisotopic (exact) mass is 440 g/mol. The van der Waals surface area contributed by atoms with E-state index in [4.69, 9.17) is 4.74 Å². The lowest BCUT2D eigenvalue weighted by Crippen LogP contribution is -2.40. The number of piperidine rings is 1. The van der Waals surface area contributed by atoms with Crippen molar-refractivity contribution in [3.8, 4) is 17.6 Å². The van der Waals surface area contributed by atoms with Gasteiger partial charge < -0.3 is 19.6 Å². The second-order valence-corrected chi connectivity index (χ2v) is 10.3. The fraction of sp³-hybridized carbons (Fsp3) is 0.538. The Morgan fingerprint density at radius 1 is 1.23 bits per heavy atom. The Hall–Kier alpha value is -1.84. The summed E-state index contributed by atoms with van der Waals surface area (Å²) in [7, 11) is 3.93. The zero-order valence-corrected chi connectivity index (χ0v) is 20.2. The van der Waals surface area contributed by atoms with E-state index in [0.717, 1.165) is 42.6 Å². The lowest BCUT2D eigenvalue weighted by Gasteiger charge is -2.34. The van der Waals surface area contributed by atoms with Crippen LogP contribution >= 0.6 is 11.3 Å². The third-order valence-electron chi connectivity index (χ3n) is 5.63. The average Bonchev–Trinajstić information content (AvgIpc) is 3.18. The Morgan fingerprint density at radius 3 is 2.71 bits per heavy atom. The Balaban J connectivity index is 1.44. The molecule has 1 saturated heterocycles. The SMILES string of the molecule is COc1ccc(CCN2CCCC(CN(C)Cc3ccc(C#CC(C)(C)O)s3)C2)cc1. The van der Waals surface area contributed by atoms with Crippen molar-refractivity contribution >= 4 is 11.3 Å². The van der Waals surface area contributed by atoms with E-state index >= 15 is 0 Å². The zero-order chi connectivity index (χ0) is 22.3. The van der Waals surface area contributed by atoms with Gasteiger partial charge in [-0.25, -0.2) is 0 Å². The van der Waals surface area contributed by atoms with Gasteiger partial charge in [-0.2, -0.15) is 0 Å². The lowest BCUT2D eigenvalue weighted by molar-refractivity contribution is 0.142. The van der Waals surface area contributed by atoms with Crippen molar-refractivity contribution in [2.75, 3.05) is 40.3 Å². The molecule has 4 nitrogen and oxygen atoms in total. The van der Waals surface area contributed by atoms with Gasteiger partial charge in [0.25, 0.3) is 0 Å². The van der Waals surface area contributed by atoms with Crippen molar-refractivity contribution in [3.05, 3.63) is 51.7 Å². The molecule has 1 aliphatic heterocycles. The second kappa shape index (κ2) is 11.2. The Bertz CT molecular complexity index is 873. The fourth-order valence-electron chi connectivity index (χ4n) is 4.10. The third-order valence-corrected chi connectivity index (χ3v) is 6.61. The van der Waals surface area contributed by atoms with Crippen LogP contribution in [0, 0.1) is 17.8 Å². The molecule has 1 aromatic heterocycles. The molecule has 1 aromatic carbocycles. The maximum Gasteiger partial charge on any atom is 0.120 e. The van der Waals surface area contributed by atoms with Gasteiger partial charge in [0.2, 0.25) is 0 Å². The first-order valence-corrected chi connectivity index (χ1v) is 12.0. The van der Waals surface area contributed by atoms with Crippen LogP contribution in [0.15, 0.2) is 36.4 Å². The molecule has 1 fully saturated rings. The first-order chi connectivity index (χ1) is 14.8. The predicted molar refractivity (Wildman–Crippen MR) is 130 cm³/mol. The smallest absolute Gasteiger partial charge is 0.120 e. The topological polar surface area (TPSA) is 35.9 Å². The number of likely N-dealkylation sites (tertiary alicyclic amines) is 1. The molecule has 0 bridgehead atoms. The zero-order valence-electron chi connectivity index (χ0n) is 19.4. The van der Waals surface area contributed by atoms with Crippen LogP contribution in [0.1, 0.15) is 42.0 Å². The van der Waals surface area contributed by atoms with E-state index in [1.807, 2.05) is 0 Å². The Kier molecular flexibility index (Phi) is 8.57. The molecule has 0 radical (unpaired) electrons. The molecule has 0 spiro atoms. The highest BCUT2D eigenvalue weighted by Crippen LogP contribution is 2.21. The van der Waals surface area contributed by atoms with Crippen LogP contribution < -0.4 is 4.74 Å². The van der Waals surface area contributed by atoms with E-state index in [1.54, 1.807) is 32.3 Å². The van der Waals surface area contributed by atoms with E-state index in [-0.39, 0.29) is 0 Å². The summed E-state index contributed by atoms with van der Waals surface area (Å²) in [6, 6.07) is 12.7. The minimum atomic E-state index is -0.943. The summed E-state index contributed by atoms with van der Waals surface area (Å²) in [5.74, 6) is 7.63. The van der Waals surface area contributed by atoms with Gasteiger partial charge >= 0.3 is 0 Å². The van der Waals surface area contributed by atoms with Crippen molar-refractivity contribution in [2.24, 2.45) is 5.92 Å². The van der Waals surface area contributed by atoms with Crippen LogP contribution in [0.3, 0.4) is 0 Å². The normalized spacial score (nSPS) is 17.4. The summed E-state index contributed by atoms with van der Waals surface area (Å²) in [4.78, 5) is 7.42. The first-order valence-electron chi connectivity index (χ1n) is 11.2.